The lowest BCUT2D eigenvalue weighted by Crippen LogP contribution is -2.15. The van der Waals surface area contributed by atoms with Gasteiger partial charge in [0.05, 0.1) is 12.2 Å². The summed E-state index contributed by atoms with van der Waals surface area (Å²) >= 11 is 0. The number of rotatable bonds is 18. The maximum Gasteiger partial charge on any atom is 0.472 e. The molecule has 6 heteroatoms. The molecule has 2 unspecified atom stereocenters. The monoisotopic (exact) mass is 451 g/mol. The summed E-state index contributed by atoms with van der Waals surface area (Å²) in [5.41, 5.74) is 5.42. The second kappa shape index (κ2) is 20.9. The van der Waals surface area contributed by atoms with E-state index in [1.807, 2.05) is 27.7 Å². The number of unbranched alkanes of at least 4 members (excludes halogenated alkanes) is 9. The number of nitrogens with two attached hydrogens (primary N) is 1. The van der Waals surface area contributed by atoms with Gasteiger partial charge < -0.3 is 10.6 Å². The van der Waals surface area contributed by atoms with Crippen molar-refractivity contribution < 1.29 is 18.5 Å². The zero-order valence-electron chi connectivity index (χ0n) is 21.2. The van der Waals surface area contributed by atoms with Crippen LogP contribution in [0, 0.1) is 11.8 Å². The number of phosphoric ester groups is 1. The fourth-order valence-corrected chi connectivity index (χ4v) is 4.66. The molecule has 0 amide bonds. The zero-order valence-corrected chi connectivity index (χ0v) is 22.1. The van der Waals surface area contributed by atoms with Crippen LogP contribution in [0.3, 0.4) is 0 Å². The molecule has 0 saturated carbocycles. The molecule has 0 fully saturated rings. The fourth-order valence-electron chi connectivity index (χ4n) is 3.53. The first-order valence-electron chi connectivity index (χ1n) is 12.4. The molecule has 5 nitrogen and oxygen atoms in total. The fraction of sp³-hybridized carbons (Fsp3) is 1.00. The Morgan fingerprint density at radius 1 is 0.700 bits per heavy atom. The summed E-state index contributed by atoms with van der Waals surface area (Å²) in [6, 6.07) is 0. The highest BCUT2D eigenvalue weighted by atomic mass is 31.2. The van der Waals surface area contributed by atoms with Crippen LogP contribution in [-0.2, 0) is 13.6 Å². The summed E-state index contributed by atoms with van der Waals surface area (Å²) < 4.78 is 21.9. The van der Waals surface area contributed by atoms with E-state index in [2.05, 4.69) is 6.92 Å². The van der Waals surface area contributed by atoms with Crippen LogP contribution in [0.15, 0.2) is 0 Å². The molecular formula is C24H54NO4P. The molecule has 0 spiro atoms. The molecule has 0 aliphatic rings. The molecule has 0 bridgehead atoms. The SMILES string of the molecule is CC(C)CC(C)OP(=O)(O)OC(C)CC(C)C.CCCCCCCCCCCCN. The second-order valence-corrected chi connectivity index (χ2v) is 10.9. The first-order valence-corrected chi connectivity index (χ1v) is 13.9. The first kappa shape index (κ1) is 32.3. The molecular weight excluding hydrogens is 397 g/mol. The maximum atomic E-state index is 11.7. The lowest BCUT2D eigenvalue weighted by Gasteiger charge is -2.22. The van der Waals surface area contributed by atoms with E-state index in [1.165, 1.54) is 64.2 Å². The number of phosphoric acid groups is 1. The van der Waals surface area contributed by atoms with Gasteiger partial charge in [0.2, 0.25) is 0 Å². The van der Waals surface area contributed by atoms with Crippen molar-refractivity contribution in [1.29, 1.82) is 0 Å². The van der Waals surface area contributed by atoms with Gasteiger partial charge in [-0.15, -0.1) is 0 Å². The van der Waals surface area contributed by atoms with Crippen molar-refractivity contribution in [2.45, 2.75) is 138 Å². The molecule has 0 heterocycles. The zero-order chi connectivity index (χ0) is 23.4. The van der Waals surface area contributed by atoms with Gasteiger partial charge in [0.1, 0.15) is 0 Å². The Labute approximate surface area is 188 Å². The maximum absolute atomic E-state index is 11.7. The molecule has 2 atom stereocenters. The molecule has 0 aromatic heterocycles. The third kappa shape index (κ3) is 26.1. The summed E-state index contributed by atoms with van der Waals surface area (Å²) in [5.74, 6) is 0.858. The van der Waals surface area contributed by atoms with Crippen molar-refractivity contribution in [1.82, 2.24) is 0 Å². The van der Waals surface area contributed by atoms with E-state index < -0.39 is 7.82 Å². The van der Waals surface area contributed by atoms with Crippen LogP contribution < -0.4 is 5.73 Å². The summed E-state index contributed by atoms with van der Waals surface area (Å²) in [5, 5.41) is 0. The molecule has 0 aromatic carbocycles. The van der Waals surface area contributed by atoms with Gasteiger partial charge in [0.25, 0.3) is 0 Å². The lowest BCUT2D eigenvalue weighted by molar-refractivity contribution is 0.0717. The Morgan fingerprint density at radius 2 is 1.03 bits per heavy atom. The van der Waals surface area contributed by atoms with Crippen molar-refractivity contribution in [3.05, 3.63) is 0 Å². The smallest absolute Gasteiger partial charge is 0.330 e. The summed E-state index contributed by atoms with van der Waals surface area (Å²) in [7, 11) is -3.92. The normalized spacial score (nSPS) is 15.6. The second-order valence-electron chi connectivity index (χ2n) is 9.53. The van der Waals surface area contributed by atoms with Crippen LogP contribution in [0.5, 0.6) is 0 Å². The van der Waals surface area contributed by atoms with Gasteiger partial charge in [-0.3, -0.25) is 9.05 Å². The standard InChI is InChI=1S/C12H27N.C12H27O4P/c1-2-3-4-5-6-7-8-9-10-11-12-13;1-9(2)7-11(5)15-17(13,14)16-12(6)8-10(3)4/h2-13H2,1H3;9-12H,7-8H2,1-6H3,(H,13,14). The average molecular weight is 452 g/mol. The Hall–Kier alpha value is 0.0700. The predicted octanol–water partition coefficient (Wildman–Crippen LogP) is 7.86. The van der Waals surface area contributed by atoms with Crippen LogP contribution >= 0.6 is 7.82 Å². The third-order valence-electron chi connectivity index (χ3n) is 4.79. The van der Waals surface area contributed by atoms with E-state index in [1.54, 1.807) is 13.8 Å². The molecule has 0 aliphatic heterocycles. The van der Waals surface area contributed by atoms with Crippen LogP contribution in [0.2, 0.25) is 0 Å². The van der Waals surface area contributed by atoms with Crippen molar-refractivity contribution in [3.63, 3.8) is 0 Å². The number of hydrogen-bond donors (Lipinski definition) is 2. The van der Waals surface area contributed by atoms with Gasteiger partial charge >= 0.3 is 7.82 Å². The average Bonchev–Trinajstić information content (AvgIpc) is 2.58. The van der Waals surface area contributed by atoms with Gasteiger partial charge in [-0.05, 0) is 51.5 Å². The Bertz CT molecular complexity index is 373. The van der Waals surface area contributed by atoms with Gasteiger partial charge in [0, 0.05) is 0 Å². The molecule has 3 N–H and O–H groups in total. The van der Waals surface area contributed by atoms with Crippen LogP contribution in [-0.4, -0.2) is 23.6 Å². The van der Waals surface area contributed by atoms with Crippen LogP contribution in [0.25, 0.3) is 0 Å². The molecule has 0 rings (SSSR count). The van der Waals surface area contributed by atoms with E-state index in [-0.39, 0.29) is 12.2 Å². The van der Waals surface area contributed by atoms with Gasteiger partial charge in [-0.1, -0.05) is 92.4 Å². The quantitative estimate of drug-likeness (QED) is 0.164. The largest absolute Gasteiger partial charge is 0.472 e. The summed E-state index contributed by atoms with van der Waals surface area (Å²) in [6.07, 6.45) is 14.9. The minimum absolute atomic E-state index is 0.267. The van der Waals surface area contributed by atoms with Gasteiger partial charge in [-0.25, -0.2) is 4.57 Å². The summed E-state index contributed by atoms with van der Waals surface area (Å²) in [4.78, 5) is 9.59. The third-order valence-corrected chi connectivity index (χ3v) is 6.04. The van der Waals surface area contributed by atoms with Crippen molar-refractivity contribution in [3.8, 4) is 0 Å². The Kier molecular flexibility index (Phi) is 22.5. The van der Waals surface area contributed by atoms with E-state index in [9.17, 15) is 9.46 Å². The topological polar surface area (TPSA) is 81.8 Å². The van der Waals surface area contributed by atoms with Gasteiger partial charge in [0.15, 0.2) is 0 Å². The highest BCUT2D eigenvalue weighted by Crippen LogP contribution is 2.47. The number of hydrogen-bond acceptors (Lipinski definition) is 4. The van der Waals surface area contributed by atoms with E-state index in [4.69, 9.17) is 14.8 Å². The minimum atomic E-state index is -3.92. The molecule has 0 aromatic rings. The lowest BCUT2D eigenvalue weighted by atomic mass is 10.1. The highest BCUT2D eigenvalue weighted by molar-refractivity contribution is 7.47. The summed E-state index contributed by atoms with van der Waals surface area (Å²) in [6.45, 7) is 14.9. The van der Waals surface area contributed by atoms with E-state index >= 15 is 0 Å². The Balaban J connectivity index is 0. The highest BCUT2D eigenvalue weighted by Gasteiger charge is 2.27. The van der Waals surface area contributed by atoms with E-state index in [0.29, 0.717) is 11.8 Å². The van der Waals surface area contributed by atoms with Crippen LogP contribution in [0.4, 0.5) is 0 Å². The molecule has 30 heavy (non-hydrogen) atoms. The van der Waals surface area contributed by atoms with Crippen molar-refractivity contribution in [2.24, 2.45) is 17.6 Å². The van der Waals surface area contributed by atoms with Crippen molar-refractivity contribution in [2.75, 3.05) is 6.54 Å². The molecule has 0 saturated heterocycles. The van der Waals surface area contributed by atoms with Gasteiger partial charge in [-0.2, -0.15) is 0 Å². The first-order chi connectivity index (χ1) is 14.0. The molecule has 184 valence electrons. The minimum Gasteiger partial charge on any atom is -0.330 e. The van der Waals surface area contributed by atoms with Crippen molar-refractivity contribution >= 4 is 7.82 Å². The Morgan fingerprint density at radius 3 is 1.33 bits per heavy atom. The van der Waals surface area contributed by atoms with E-state index in [0.717, 1.165) is 19.4 Å². The molecule has 0 radical (unpaired) electrons. The van der Waals surface area contributed by atoms with Crippen LogP contribution in [0.1, 0.15) is 126 Å². The molecule has 0 aliphatic carbocycles. The predicted molar refractivity (Wildman–Crippen MR) is 131 cm³/mol.